The molecule has 1 saturated carbocycles. The number of benzene rings is 1. The molecule has 82 valence electrons. The Bertz CT molecular complexity index is 347. The summed E-state index contributed by atoms with van der Waals surface area (Å²) in [6.07, 6.45) is 0.936. The lowest BCUT2D eigenvalue weighted by Gasteiger charge is -2.06. The van der Waals surface area contributed by atoms with Crippen LogP contribution in [0.5, 0.6) is 0 Å². The first kappa shape index (κ1) is 10.8. The van der Waals surface area contributed by atoms with Gasteiger partial charge in [-0.1, -0.05) is 12.1 Å². The van der Waals surface area contributed by atoms with E-state index in [0.29, 0.717) is 5.92 Å². The maximum atomic E-state index is 12.0. The smallest absolute Gasteiger partial charge is 0.327 e. The van der Waals surface area contributed by atoms with Gasteiger partial charge in [0.25, 0.3) is 0 Å². The van der Waals surface area contributed by atoms with Gasteiger partial charge in [0.15, 0.2) is 0 Å². The molecule has 0 radical (unpaired) electrons. The Morgan fingerprint density at radius 1 is 1.20 bits per heavy atom. The van der Waals surface area contributed by atoms with Crippen LogP contribution >= 0.6 is 11.8 Å². The van der Waals surface area contributed by atoms with E-state index in [4.69, 9.17) is 5.73 Å². The zero-order valence-corrected chi connectivity index (χ0v) is 8.61. The standard InChI is InChI=1S/C10H10F3NS/c11-10(12,13)15-7-3-1-6(2-4-7)8-5-9(8)14/h1-4,8-9H,5,14H2. The Kier molecular flexibility index (Phi) is 2.68. The molecule has 1 fully saturated rings. The minimum Gasteiger partial charge on any atom is -0.327 e. The summed E-state index contributed by atoms with van der Waals surface area (Å²) in [6, 6.07) is 6.64. The quantitative estimate of drug-likeness (QED) is 0.794. The zero-order valence-electron chi connectivity index (χ0n) is 7.79. The number of thioether (sulfide) groups is 1. The molecule has 15 heavy (non-hydrogen) atoms. The molecule has 0 aliphatic heterocycles. The Hall–Kier alpha value is -0.680. The van der Waals surface area contributed by atoms with Crippen LogP contribution in [0, 0.1) is 0 Å². The average Bonchev–Trinajstić information content (AvgIpc) is 2.81. The van der Waals surface area contributed by atoms with E-state index >= 15 is 0 Å². The average molecular weight is 233 g/mol. The fourth-order valence-electron chi connectivity index (χ4n) is 1.51. The van der Waals surface area contributed by atoms with Crippen molar-refractivity contribution in [3.05, 3.63) is 29.8 Å². The van der Waals surface area contributed by atoms with Crippen LogP contribution < -0.4 is 5.73 Å². The molecule has 1 aromatic rings. The van der Waals surface area contributed by atoms with Crippen molar-refractivity contribution in [3.63, 3.8) is 0 Å². The lowest BCUT2D eigenvalue weighted by Crippen LogP contribution is -2.01. The van der Waals surface area contributed by atoms with Gasteiger partial charge in [-0.25, -0.2) is 0 Å². The van der Waals surface area contributed by atoms with Crippen LogP contribution in [0.25, 0.3) is 0 Å². The minimum absolute atomic E-state index is 0.0889. The third kappa shape index (κ3) is 2.89. The first-order valence-corrected chi connectivity index (χ1v) is 5.38. The lowest BCUT2D eigenvalue weighted by molar-refractivity contribution is -0.0328. The number of nitrogens with two attached hydrogens (primary N) is 1. The van der Waals surface area contributed by atoms with Gasteiger partial charge >= 0.3 is 5.51 Å². The summed E-state index contributed by atoms with van der Waals surface area (Å²) in [6.45, 7) is 0. The van der Waals surface area contributed by atoms with E-state index in [0.717, 1.165) is 12.0 Å². The molecule has 2 N–H and O–H groups in total. The third-order valence-electron chi connectivity index (χ3n) is 2.38. The van der Waals surface area contributed by atoms with E-state index in [1.807, 2.05) is 0 Å². The van der Waals surface area contributed by atoms with Crippen molar-refractivity contribution in [2.75, 3.05) is 0 Å². The summed E-state index contributed by atoms with van der Waals surface area (Å²) in [5.41, 5.74) is 2.48. The highest BCUT2D eigenvalue weighted by atomic mass is 32.2. The van der Waals surface area contributed by atoms with Crippen LogP contribution in [0.15, 0.2) is 29.2 Å². The predicted octanol–water partition coefficient (Wildman–Crippen LogP) is 3.11. The summed E-state index contributed by atoms with van der Waals surface area (Å²) >= 11 is -0.0889. The highest BCUT2D eigenvalue weighted by Gasteiger charge is 2.35. The SMILES string of the molecule is NC1CC1c1ccc(SC(F)(F)F)cc1. The van der Waals surface area contributed by atoms with Crippen LogP contribution in [-0.2, 0) is 0 Å². The second-order valence-corrected chi connectivity index (χ2v) is 4.76. The Balaban J connectivity index is 2.04. The molecule has 0 heterocycles. The number of halogens is 3. The Morgan fingerprint density at radius 3 is 2.13 bits per heavy atom. The molecule has 0 spiro atoms. The molecule has 2 unspecified atom stereocenters. The Labute approximate surface area is 89.8 Å². The molecule has 1 aliphatic rings. The van der Waals surface area contributed by atoms with E-state index in [9.17, 15) is 13.2 Å². The van der Waals surface area contributed by atoms with Crippen molar-refractivity contribution >= 4 is 11.8 Å². The third-order valence-corrected chi connectivity index (χ3v) is 3.12. The zero-order chi connectivity index (χ0) is 11.1. The van der Waals surface area contributed by atoms with E-state index in [2.05, 4.69) is 0 Å². The van der Waals surface area contributed by atoms with Crippen molar-refractivity contribution in [2.24, 2.45) is 5.73 Å². The molecule has 1 aromatic carbocycles. The van der Waals surface area contributed by atoms with Crippen molar-refractivity contribution < 1.29 is 13.2 Å². The second-order valence-electron chi connectivity index (χ2n) is 3.62. The van der Waals surface area contributed by atoms with Gasteiger partial charge in [-0.05, 0) is 35.9 Å². The van der Waals surface area contributed by atoms with Gasteiger partial charge in [0.05, 0.1) is 0 Å². The van der Waals surface area contributed by atoms with Crippen LogP contribution in [0.4, 0.5) is 13.2 Å². The van der Waals surface area contributed by atoms with Crippen LogP contribution in [-0.4, -0.2) is 11.6 Å². The molecule has 0 aromatic heterocycles. The number of hydrogen-bond donors (Lipinski definition) is 1. The number of alkyl halides is 3. The largest absolute Gasteiger partial charge is 0.446 e. The molecular weight excluding hydrogens is 223 g/mol. The van der Waals surface area contributed by atoms with Gasteiger partial charge in [0.2, 0.25) is 0 Å². The highest BCUT2D eigenvalue weighted by molar-refractivity contribution is 8.00. The van der Waals surface area contributed by atoms with Gasteiger partial charge in [0, 0.05) is 16.9 Å². The molecule has 0 amide bonds. The van der Waals surface area contributed by atoms with Crippen molar-refractivity contribution in [1.29, 1.82) is 0 Å². The second kappa shape index (κ2) is 3.72. The van der Waals surface area contributed by atoms with Crippen molar-refractivity contribution in [1.82, 2.24) is 0 Å². The van der Waals surface area contributed by atoms with E-state index in [1.54, 1.807) is 12.1 Å². The van der Waals surface area contributed by atoms with Gasteiger partial charge in [-0.3, -0.25) is 0 Å². The number of rotatable bonds is 2. The molecular formula is C10H10F3NS. The van der Waals surface area contributed by atoms with E-state index < -0.39 is 5.51 Å². The van der Waals surface area contributed by atoms with Gasteiger partial charge in [0.1, 0.15) is 0 Å². The van der Waals surface area contributed by atoms with Gasteiger partial charge in [-0.2, -0.15) is 13.2 Å². The molecule has 1 aliphatic carbocycles. The Morgan fingerprint density at radius 2 is 1.73 bits per heavy atom. The molecule has 2 atom stereocenters. The normalized spacial score (nSPS) is 25.3. The molecule has 5 heteroatoms. The van der Waals surface area contributed by atoms with Crippen LogP contribution in [0.1, 0.15) is 17.9 Å². The topological polar surface area (TPSA) is 26.0 Å². The minimum atomic E-state index is -4.21. The molecule has 1 nitrogen and oxygen atoms in total. The summed E-state index contributed by atoms with van der Waals surface area (Å²) in [4.78, 5) is 0.223. The lowest BCUT2D eigenvalue weighted by atomic mass is 10.1. The highest BCUT2D eigenvalue weighted by Crippen LogP contribution is 2.41. The van der Waals surface area contributed by atoms with E-state index in [1.165, 1.54) is 12.1 Å². The summed E-state index contributed by atoms with van der Waals surface area (Å²) in [5.74, 6) is 0.343. The summed E-state index contributed by atoms with van der Waals surface area (Å²) in [5, 5.41) is 0. The van der Waals surface area contributed by atoms with E-state index in [-0.39, 0.29) is 22.7 Å². The maximum Gasteiger partial charge on any atom is 0.446 e. The molecule has 0 bridgehead atoms. The summed E-state index contributed by atoms with van der Waals surface area (Å²) in [7, 11) is 0. The molecule has 2 rings (SSSR count). The first-order chi connectivity index (χ1) is 6.96. The van der Waals surface area contributed by atoms with Crippen molar-refractivity contribution in [3.8, 4) is 0 Å². The van der Waals surface area contributed by atoms with Gasteiger partial charge in [-0.15, -0.1) is 0 Å². The fraction of sp³-hybridized carbons (Fsp3) is 0.400. The first-order valence-electron chi connectivity index (χ1n) is 4.57. The van der Waals surface area contributed by atoms with Gasteiger partial charge < -0.3 is 5.73 Å². The number of hydrogen-bond acceptors (Lipinski definition) is 2. The monoisotopic (exact) mass is 233 g/mol. The van der Waals surface area contributed by atoms with Crippen LogP contribution in [0.3, 0.4) is 0 Å². The fourth-order valence-corrected chi connectivity index (χ4v) is 2.05. The molecule has 0 saturated heterocycles. The predicted molar refractivity (Wildman–Crippen MR) is 53.7 cm³/mol. The summed E-state index contributed by atoms with van der Waals surface area (Å²) < 4.78 is 36.1. The maximum absolute atomic E-state index is 12.0. The van der Waals surface area contributed by atoms with Crippen LogP contribution in [0.2, 0.25) is 0 Å². The van der Waals surface area contributed by atoms with Crippen molar-refractivity contribution in [2.45, 2.75) is 28.8 Å².